The van der Waals surface area contributed by atoms with Gasteiger partial charge in [-0.05, 0) is 5.56 Å². The van der Waals surface area contributed by atoms with Crippen molar-refractivity contribution in [1.29, 1.82) is 0 Å². The van der Waals surface area contributed by atoms with Crippen molar-refractivity contribution in [3.05, 3.63) is 53.3 Å². The summed E-state index contributed by atoms with van der Waals surface area (Å²) in [6, 6.07) is 10.5. The Bertz CT molecular complexity index is 669. The van der Waals surface area contributed by atoms with Crippen LogP contribution in [0.25, 0.3) is 0 Å². The first-order valence-electron chi connectivity index (χ1n) is 7.74. The summed E-state index contributed by atoms with van der Waals surface area (Å²) in [7, 11) is 0. The summed E-state index contributed by atoms with van der Waals surface area (Å²) in [4.78, 5) is 22.2. The number of likely N-dealkylation sites (tertiary alicyclic amines) is 1. The molecule has 7 heteroatoms. The van der Waals surface area contributed by atoms with E-state index < -0.39 is 0 Å². The molecular weight excluding hydrogens is 346 g/mol. The number of aromatic nitrogens is 2. The van der Waals surface area contributed by atoms with E-state index in [-0.39, 0.29) is 12.0 Å². The van der Waals surface area contributed by atoms with Crippen molar-refractivity contribution >= 4 is 29.3 Å². The van der Waals surface area contributed by atoms with Gasteiger partial charge in [0.15, 0.2) is 0 Å². The van der Waals surface area contributed by atoms with Gasteiger partial charge in [0.05, 0.1) is 29.7 Å². The molecule has 2 heterocycles. The lowest BCUT2D eigenvalue weighted by Gasteiger charge is -2.16. The van der Waals surface area contributed by atoms with Crippen LogP contribution in [0.2, 0.25) is 5.02 Å². The molecule has 1 saturated heterocycles. The number of ether oxygens (including phenoxy) is 1. The second-order valence-electron chi connectivity index (χ2n) is 5.53. The summed E-state index contributed by atoms with van der Waals surface area (Å²) in [5.74, 6) is 1.48. The number of thioether (sulfide) groups is 1. The fourth-order valence-electron chi connectivity index (χ4n) is 2.48. The van der Waals surface area contributed by atoms with E-state index in [0.717, 1.165) is 12.2 Å². The van der Waals surface area contributed by atoms with Crippen LogP contribution in [0.5, 0.6) is 6.01 Å². The van der Waals surface area contributed by atoms with Gasteiger partial charge in [-0.1, -0.05) is 41.9 Å². The van der Waals surface area contributed by atoms with Gasteiger partial charge in [0.25, 0.3) is 0 Å². The Balaban J connectivity index is 1.41. The number of amides is 1. The second kappa shape index (κ2) is 8.35. The molecule has 0 bridgehead atoms. The molecule has 0 aliphatic carbocycles. The van der Waals surface area contributed by atoms with Gasteiger partial charge in [-0.3, -0.25) is 4.79 Å². The van der Waals surface area contributed by atoms with Gasteiger partial charge >= 0.3 is 6.01 Å². The number of carbonyl (C=O) groups excluding carboxylic acids is 1. The van der Waals surface area contributed by atoms with Crippen molar-refractivity contribution in [1.82, 2.24) is 14.9 Å². The monoisotopic (exact) mass is 363 g/mol. The second-order valence-corrected chi connectivity index (χ2v) is 6.95. The minimum Gasteiger partial charge on any atom is -0.458 e. The zero-order chi connectivity index (χ0) is 16.8. The standard InChI is InChI=1S/C17H18ClN3O2S/c18-14-8-19-17(20-9-14)23-15-6-7-21(10-15)16(22)12-24-11-13-4-2-1-3-5-13/h1-5,8-9,15H,6-7,10-12H2/t15-/m0/s1. The fourth-order valence-corrected chi connectivity index (χ4v) is 3.47. The van der Waals surface area contributed by atoms with Crippen molar-refractivity contribution in [2.75, 3.05) is 18.8 Å². The van der Waals surface area contributed by atoms with Crippen LogP contribution in [0.4, 0.5) is 0 Å². The van der Waals surface area contributed by atoms with Gasteiger partial charge in [0.2, 0.25) is 5.91 Å². The van der Waals surface area contributed by atoms with Crippen LogP contribution < -0.4 is 4.74 Å². The molecule has 0 N–H and O–H groups in total. The highest BCUT2D eigenvalue weighted by atomic mass is 35.5. The van der Waals surface area contributed by atoms with Crippen LogP contribution in [-0.4, -0.2) is 45.7 Å². The van der Waals surface area contributed by atoms with Gasteiger partial charge in [-0.15, -0.1) is 11.8 Å². The van der Waals surface area contributed by atoms with E-state index in [0.29, 0.717) is 29.9 Å². The third-order valence-electron chi connectivity index (χ3n) is 3.70. The molecule has 126 valence electrons. The minimum atomic E-state index is -0.0609. The molecule has 1 aromatic heterocycles. The number of rotatable bonds is 6. The largest absolute Gasteiger partial charge is 0.458 e. The molecule has 1 amide bonds. The average molecular weight is 364 g/mol. The third kappa shape index (κ3) is 4.85. The molecule has 1 fully saturated rings. The topological polar surface area (TPSA) is 55.3 Å². The van der Waals surface area contributed by atoms with E-state index in [1.165, 1.54) is 18.0 Å². The highest BCUT2D eigenvalue weighted by molar-refractivity contribution is 7.99. The molecule has 2 aromatic rings. The number of benzene rings is 1. The first-order chi connectivity index (χ1) is 11.7. The van der Waals surface area contributed by atoms with Crippen molar-refractivity contribution < 1.29 is 9.53 Å². The maximum absolute atomic E-state index is 12.3. The fraction of sp³-hybridized carbons (Fsp3) is 0.353. The maximum Gasteiger partial charge on any atom is 0.316 e. The quantitative estimate of drug-likeness (QED) is 0.789. The van der Waals surface area contributed by atoms with Gasteiger partial charge in [-0.2, -0.15) is 0 Å². The molecule has 1 aliphatic rings. The molecule has 1 aromatic carbocycles. The predicted molar refractivity (Wildman–Crippen MR) is 95.3 cm³/mol. The van der Waals surface area contributed by atoms with Crippen molar-refractivity contribution in [2.24, 2.45) is 0 Å². The molecule has 24 heavy (non-hydrogen) atoms. The van der Waals surface area contributed by atoms with Crippen molar-refractivity contribution in [3.63, 3.8) is 0 Å². The normalized spacial score (nSPS) is 17.0. The van der Waals surface area contributed by atoms with Crippen LogP contribution in [-0.2, 0) is 10.5 Å². The predicted octanol–water partition coefficient (Wildman–Crippen LogP) is 3.04. The van der Waals surface area contributed by atoms with Crippen LogP contribution in [0.1, 0.15) is 12.0 Å². The van der Waals surface area contributed by atoms with Crippen LogP contribution in [0.3, 0.4) is 0 Å². The Labute approximate surface area is 150 Å². The maximum atomic E-state index is 12.3. The van der Waals surface area contributed by atoms with E-state index in [1.807, 2.05) is 23.1 Å². The Morgan fingerprint density at radius 3 is 2.79 bits per heavy atom. The molecule has 3 rings (SSSR count). The summed E-state index contributed by atoms with van der Waals surface area (Å²) < 4.78 is 5.70. The molecule has 1 atom stereocenters. The zero-order valence-electron chi connectivity index (χ0n) is 13.1. The number of halogens is 1. The summed E-state index contributed by atoms with van der Waals surface area (Å²) in [6.45, 7) is 1.29. The first kappa shape index (κ1) is 17.0. The third-order valence-corrected chi connectivity index (χ3v) is 4.89. The number of hydrogen-bond acceptors (Lipinski definition) is 5. The molecule has 0 spiro atoms. The smallest absolute Gasteiger partial charge is 0.316 e. The molecule has 0 radical (unpaired) electrons. The van der Waals surface area contributed by atoms with Crippen molar-refractivity contribution in [2.45, 2.75) is 18.3 Å². The number of carbonyl (C=O) groups is 1. The van der Waals surface area contributed by atoms with E-state index in [4.69, 9.17) is 16.3 Å². The van der Waals surface area contributed by atoms with Crippen LogP contribution >= 0.6 is 23.4 Å². The Morgan fingerprint density at radius 2 is 2.04 bits per heavy atom. The molecule has 1 aliphatic heterocycles. The summed E-state index contributed by atoms with van der Waals surface area (Å²) in [5, 5.41) is 0.473. The Hall–Kier alpha value is -1.79. The summed E-state index contributed by atoms with van der Waals surface area (Å²) in [5.41, 5.74) is 1.23. The number of hydrogen-bond donors (Lipinski definition) is 0. The van der Waals surface area contributed by atoms with Crippen LogP contribution in [0.15, 0.2) is 42.7 Å². The lowest BCUT2D eigenvalue weighted by Crippen LogP contribution is -2.32. The summed E-state index contributed by atoms with van der Waals surface area (Å²) >= 11 is 7.39. The molecular formula is C17H18ClN3O2S. The molecule has 0 saturated carbocycles. The number of nitrogens with zero attached hydrogens (tertiary/aromatic N) is 3. The van der Waals surface area contributed by atoms with Gasteiger partial charge < -0.3 is 9.64 Å². The lowest BCUT2D eigenvalue weighted by molar-refractivity contribution is -0.127. The minimum absolute atomic E-state index is 0.0609. The average Bonchev–Trinajstić information content (AvgIpc) is 3.06. The van der Waals surface area contributed by atoms with Gasteiger partial charge in [-0.25, -0.2) is 9.97 Å². The Kier molecular flexibility index (Phi) is 5.93. The highest BCUT2D eigenvalue weighted by Crippen LogP contribution is 2.18. The van der Waals surface area contributed by atoms with Gasteiger partial charge in [0.1, 0.15) is 6.10 Å². The Morgan fingerprint density at radius 1 is 1.29 bits per heavy atom. The molecule has 5 nitrogen and oxygen atoms in total. The molecule has 0 unspecified atom stereocenters. The van der Waals surface area contributed by atoms with Crippen LogP contribution in [0, 0.1) is 0 Å². The van der Waals surface area contributed by atoms with E-state index >= 15 is 0 Å². The highest BCUT2D eigenvalue weighted by Gasteiger charge is 2.27. The first-order valence-corrected chi connectivity index (χ1v) is 9.27. The van der Waals surface area contributed by atoms with E-state index in [9.17, 15) is 4.79 Å². The zero-order valence-corrected chi connectivity index (χ0v) is 14.7. The van der Waals surface area contributed by atoms with E-state index in [2.05, 4.69) is 22.1 Å². The lowest BCUT2D eigenvalue weighted by atomic mass is 10.2. The van der Waals surface area contributed by atoms with E-state index in [1.54, 1.807) is 11.8 Å². The summed E-state index contributed by atoms with van der Waals surface area (Å²) in [6.07, 6.45) is 3.74. The SMILES string of the molecule is O=C(CSCc1ccccc1)N1CC[C@H](Oc2ncc(Cl)cn2)C1. The van der Waals surface area contributed by atoms with Crippen molar-refractivity contribution in [3.8, 4) is 6.01 Å². The van der Waals surface area contributed by atoms with Gasteiger partial charge in [0, 0.05) is 18.7 Å².